The largest absolute Gasteiger partial charge is 0.492 e. The minimum atomic E-state index is 0.529. The third kappa shape index (κ3) is 10.5. The first-order valence-corrected chi connectivity index (χ1v) is 28.2. The summed E-state index contributed by atoms with van der Waals surface area (Å²) in [7, 11) is 0. The molecule has 8 nitrogen and oxygen atoms in total. The summed E-state index contributed by atoms with van der Waals surface area (Å²) in [6, 6.07) is 44.0. The predicted molar refractivity (Wildman–Crippen MR) is 296 cm³/mol. The van der Waals surface area contributed by atoms with Gasteiger partial charge in [-0.1, -0.05) is 66.7 Å². The van der Waals surface area contributed by atoms with Crippen LogP contribution in [-0.4, -0.2) is 94.0 Å². The van der Waals surface area contributed by atoms with Crippen molar-refractivity contribution in [3.05, 3.63) is 150 Å². The van der Waals surface area contributed by atoms with Gasteiger partial charge in [-0.15, -0.1) is 0 Å². The zero-order valence-electron chi connectivity index (χ0n) is 38.7. The molecule has 0 saturated heterocycles. The molecule has 12 heteroatoms. The molecule has 346 valence electrons. The van der Waals surface area contributed by atoms with E-state index in [0.717, 1.165) is 130 Å². The molecule has 0 unspecified atom stereocenters. The van der Waals surface area contributed by atoms with Crippen LogP contribution >= 0.6 is 47.0 Å². The Morgan fingerprint density at radius 2 is 0.868 bits per heavy atom. The molecule has 1 N–H and O–H groups in total. The molecular formula is C56H54N4O4S4. The lowest BCUT2D eigenvalue weighted by Crippen LogP contribution is -2.05. The Kier molecular flexibility index (Phi) is 15.9. The van der Waals surface area contributed by atoms with Crippen molar-refractivity contribution in [3.8, 4) is 62.1 Å². The summed E-state index contributed by atoms with van der Waals surface area (Å²) in [6.07, 6.45) is 16.8. The van der Waals surface area contributed by atoms with Crippen molar-refractivity contribution in [2.75, 3.05) is 74.5 Å². The smallest absolute Gasteiger partial charge is 0.143 e. The fraction of sp³-hybridized carbons (Fsp3) is 0.214. The molecule has 68 heavy (non-hydrogen) atoms. The van der Waals surface area contributed by atoms with Crippen LogP contribution < -0.4 is 18.9 Å². The maximum Gasteiger partial charge on any atom is 0.143 e. The van der Waals surface area contributed by atoms with Gasteiger partial charge in [-0.2, -0.15) is 47.0 Å². The Morgan fingerprint density at radius 1 is 0.441 bits per heavy atom. The van der Waals surface area contributed by atoms with Crippen LogP contribution in [0.2, 0.25) is 0 Å². The standard InChI is InChI=1S/C56H54N4O4S4/c1-65-31-27-61-49-17-9-5-13-43(49)53-46-26-25-41(59-46)36-40-22-21-38(57-40)35-39-23-24-42(58-39)37-48-54(44-14-6-10-18-50(44)62-28-32-66-2)55(45-15-7-11-19-51(45)63-29-33-67-3)56(53)60(48)47-16-8-12-20-52(47)64-30-34-68-4/h5-26,35-37,57H,27-34H2,1-4H3. The normalized spacial score (nSPS) is 11.8. The van der Waals surface area contributed by atoms with Crippen LogP contribution in [0, 0.1) is 0 Å². The van der Waals surface area contributed by atoms with Crippen LogP contribution in [0.1, 0.15) is 22.8 Å². The fourth-order valence-electron chi connectivity index (χ4n) is 8.45. The van der Waals surface area contributed by atoms with E-state index in [9.17, 15) is 0 Å². The predicted octanol–water partition coefficient (Wildman–Crippen LogP) is 14.1. The molecule has 2 aliphatic heterocycles. The minimum absolute atomic E-state index is 0.529. The summed E-state index contributed by atoms with van der Waals surface area (Å²) >= 11 is 7.03. The number of hydrogen-bond donors (Lipinski definition) is 1. The maximum absolute atomic E-state index is 6.83. The molecule has 3 aromatic heterocycles. The number of ether oxygens (including phenoxy) is 4. The molecule has 7 aromatic rings. The zero-order chi connectivity index (χ0) is 46.7. The zero-order valence-corrected chi connectivity index (χ0v) is 42.0. The van der Waals surface area contributed by atoms with Crippen LogP contribution in [0.3, 0.4) is 0 Å². The van der Waals surface area contributed by atoms with Crippen molar-refractivity contribution in [3.63, 3.8) is 0 Å². The third-order valence-corrected chi connectivity index (χ3v) is 13.7. The Morgan fingerprint density at radius 3 is 1.41 bits per heavy atom. The first-order valence-electron chi connectivity index (χ1n) is 22.6. The Balaban J connectivity index is 1.59. The number of nitrogens with one attached hydrogen (secondary N) is 1. The summed E-state index contributed by atoms with van der Waals surface area (Å²) < 4.78 is 29.6. The monoisotopic (exact) mass is 974 g/mol. The minimum Gasteiger partial charge on any atom is -0.492 e. The average Bonchev–Trinajstić information content (AvgIpc) is 4.18. The SMILES string of the molecule is CSCCOc1ccccc1-c1c(-c2ccccc2OCCSC)c2c(-c3ccccc3OCCSC)c3nc(cc4ccc(cc5nc(cc1n2-c1ccccc1OCCSC)C=C5)[nH]4)C=C3. The van der Waals surface area contributed by atoms with Gasteiger partial charge in [0.2, 0.25) is 0 Å². The van der Waals surface area contributed by atoms with Gasteiger partial charge < -0.3 is 28.5 Å². The summed E-state index contributed by atoms with van der Waals surface area (Å²) in [6.45, 7) is 2.14. The highest BCUT2D eigenvalue weighted by molar-refractivity contribution is 7.99. The van der Waals surface area contributed by atoms with E-state index in [2.05, 4.69) is 168 Å². The van der Waals surface area contributed by atoms with E-state index < -0.39 is 0 Å². The molecule has 5 heterocycles. The van der Waals surface area contributed by atoms with Gasteiger partial charge in [0.05, 0.1) is 65.9 Å². The van der Waals surface area contributed by atoms with Crippen molar-refractivity contribution >= 4 is 93.4 Å². The highest BCUT2D eigenvalue weighted by atomic mass is 32.2. The number of hydrogen-bond acceptors (Lipinski definition) is 10. The van der Waals surface area contributed by atoms with Crippen molar-refractivity contribution in [1.29, 1.82) is 0 Å². The van der Waals surface area contributed by atoms with Crippen molar-refractivity contribution in [2.24, 2.45) is 0 Å². The second-order valence-corrected chi connectivity index (χ2v) is 19.8. The molecule has 0 fully saturated rings. The van der Waals surface area contributed by atoms with Gasteiger partial charge in [0, 0.05) is 67.4 Å². The van der Waals surface area contributed by atoms with Crippen LogP contribution in [0.15, 0.2) is 127 Å². The third-order valence-electron chi connectivity index (χ3n) is 11.4. The van der Waals surface area contributed by atoms with E-state index in [-0.39, 0.29) is 0 Å². The van der Waals surface area contributed by atoms with E-state index in [1.807, 2.05) is 18.2 Å². The Bertz CT molecular complexity index is 3120. The lowest BCUT2D eigenvalue weighted by molar-refractivity contribution is 0.343. The van der Waals surface area contributed by atoms with E-state index in [1.54, 1.807) is 47.0 Å². The Labute approximate surface area is 416 Å². The number of fused-ring (bicyclic) bond motifs is 8. The van der Waals surface area contributed by atoms with Gasteiger partial charge in [-0.25, -0.2) is 9.97 Å². The molecule has 0 amide bonds. The first kappa shape index (κ1) is 47.2. The summed E-state index contributed by atoms with van der Waals surface area (Å²) in [5, 5.41) is 0. The Hall–Kier alpha value is -5.92. The van der Waals surface area contributed by atoms with Gasteiger partial charge in [-0.05, 0) is 110 Å². The highest BCUT2D eigenvalue weighted by Gasteiger charge is 2.30. The number of rotatable bonds is 20. The number of aromatic nitrogens is 4. The van der Waals surface area contributed by atoms with E-state index in [4.69, 9.17) is 28.9 Å². The summed E-state index contributed by atoms with van der Waals surface area (Å²) in [5.74, 6) is 6.38. The van der Waals surface area contributed by atoms with E-state index in [0.29, 0.717) is 26.4 Å². The van der Waals surface area contributed by atoms with Crippen LogP contribution in [-0.2, 0) is 0 Å². The lowest BCUT2D eigenvalue weighted by Gasteiger charge is -2.19. The number of para-hydroxylation sites is 5. The number of H-pyrrole nitrogens is 1. The van der Waals surface area contributed by atoms with Gasteiger partial charge in [-0.3, -0.25) is 0 Å². The lowest BCUT2D eigenvalue weighted by atomic mass is 9.92. The van der Waals surface area contributed by atoms with E-state index >= 15 is 0 Å². The molecule has 4 aromatic carbocycles. The number of benzene rings is 4. The molecule has 8 bridgehead atoms. The van der Waals surface area contributed by atoms with Gasteiger partial charge in [0.25, 0.3) is 0 Å². The van der Waals surface area contributed by atoms with Crippen LogP contribution in [0.25, 0.3) is 85.4 Å². The maximum atomic E-state index is 6.83. The van der Waals surface area contributed by atoms with Gasteiger partial charge in [0.15, 0.2) is 0 Å². The molecular weight excluding hydrogens is 921 g/mol. The fourth-order valence-corrected chi connectivity index (χ4v) is 9.45. The van der Waals surface area contributed by atoms with E-state index in [1.165, 1.54) is 0 Å². The second kappa shape index (κ2) is 22.9. The van der Waals surface area contributed by atoms with Crippen molar-refractivity contribution < 1.29 is 18.9 Å². The topological polar surface area (TPSA) is 83.4 Å². The molecule has 0 aliphatic carbocycles. The van der Waals surface area contributed by atoms with Crippen LogP contribution in [0.5, 0.6) is 23.0 Å². The quantitative estimate of drug-likeness (QED) is 0.0746. The summed E-state index contributed by atoms with van der Waals surface area (Å²) in [5.41, 5.74) is 13.2. The first-order chi connectivity index (χ1) is 33.6. The van der Waals surface area contributed by atoms with Crippen molar-refractivity contribution in [1.82, 2.24) is 19.5 Å². The number of thioether (sulfide) groups is 4. The molecule has 0 radical (unpaired) electrons. The molecule has 9 rings (SSSR count). The molecule has 0 spiro atoms. The second-order valence-electron chi connectivity index (χ2n) is 15.9. The summed E-state index contributed by atoms with van der Waals surface area (Å²) in [4.78, 5) is 14.3. The number of aromatic amines is 1. The van der Waals surface area contributed by atoms with Crippen molar-refractivity contribution in [2.45, 2.75) is 0 Å². The molecule has 0 atom stereocenters. The molecule has 2 aliphatic rings. The highest BCUT2D eigenvalue weighted by Crippen LogP contribution is 2.52. The number of nitrogens with zero attached hydrogens (tertiary/aromatic N) is 3. The average molecular weight is 975 g/mol. The molecule has 0 saturated carbocycles. The van der Waals surface area contributed by atoms with Gasteiger partial charge >= 0.3 is 0 Å². The van der Waals surface area contributed by atoms with Gasteiger partial charge in [0.1, 0.15) is 23.0 Å². The van der Waals surface area contributed by atoms with Crippen LogP contribution in [0.4, 0.5) is 0 Å².